The third-order valence-electron chi connectivity index (χ3n) is 6.46. The van der Waals surface area contributed by atoms with Gasteiger partial charge in [-0.2, -0.15) is 14.5 Å². The first-order valence-corrected chi connectivity index (χ1v) is 13.3. The number of halogens is 3. The lowest BCUT2D eigenvalue weighted by molar-refractivity contribution is 0.0699. The summed E-state index contributed by atoms with van der Waals surface area (Å²) in [6.07, 6.45) is -0.236. The lowest BCUT2D eigenvalue weighted by Gasteiger charge is -2.33. The Bertz CT molecular complexity index is 1610. The first kappa shape index (κ1) is 25.9. The van der Waals surface area contributed by atoms with Crippen molar-refractivity contribution in [2.45, 2.75) is 31.7 Å². The van der Waals surface area contributed by atoms with Crippen LogP contribution in [0.4, 0.5) is 13.2 Å². The Labute approximate surface area is 216 Å². The molecule has 1 aliphatic heterocycles. The van der Waals surface area contributed by atoms with Crippen LogP contribution >= 0.6 is 0 Å². The van der Waals surface area contributed by atoms with Gasteiger partial charge in [-0.25, -0.2) is 31.1 Å². The molecule has 0 radical (unpaired) electrons. The molecular weight excluding hydrogens is 523 g/mol. The molecule has 0 saturated carbocycles. The number of aryl methyl sites for hydroxylation is 2. The molecule has 1 fully saturated rings. The molecule has 14 heteroatoms. The highest BCUT2D eigenvalue weighted by Crippen LogP contribution is 2.28. The van der Waals surface area contributed by atoms with Gasteiger partial charge >= 0.3 is 0 Å². The van der Waals surface area contributed by atoms with Crippen molar-refractivity contribution < 1.29 is 26.4 Å². The van der Waals surface area contributed by atoms with E-state index in [2.05, 4.69) is 15.2 Å². The Hall–Kier alpha value is -3.78. The average Bonchev–Trinajstić information content (AvgIpc) is 3.51. The standard InChI is InChI=1S/C24H24F3N7O3S/c1-3-32-14-21(15(2)30-32)38(36,37)33-10-8-31(9-11-33)24(35)18-13-28-34-20(22(26)27)12-19(29-23(18)34)16-4-6-17(25)7-5-16/h4-7,12-14,22H,3,8-11H2,1-2H3. The fourth-order valence-corrected chi connectivity index (χ4v) is 6.01. The number of amides is 1. The van der Waals surface area contributed by atoms with E-state index in [-0.39, 0.29) is 48.0 Å². The van der Waals surface area contributed by atoms with Crippen LogP contribution < -0.4 is 0 Å². The number of piperazine rings is 1. The first-order valence-electron chi connectivity index (χ1n) is 11.9. The van der Waals surface area contributed by atoms with Crippen LogP contribution in [0.3, 0.4) is 0 Å². The fourth-order valence-electron chi connectivity index (χ4n) is 4.42. The molecule has 1 saturated heterocycles. The van der Waals surface area contributed by atoms with Crippen molar-refractivity contribution in [3.05, 3.63) is 65.5 Å². The van der Waals surface area contributed by atoms with Gasteiger partial charge in [-0.15, -0.1) is 0 Å². The molecule has 4 aromatic rings. The van der Waals surface area contributed by atoms with E-state index in [1.54, 1.807) is 11.6 Å². The Morgan fingerprint density at radius 3 is 2.39 bits per heavy atom. The van der Waals surface area contributed by atoms with E-state index in [1.165, 1.54) is 45.9 Å². The second kappa shape index (κ2) is 9.83. The molecule has 38 heavy (non-hydrogen) atoms. The van der Waals surface area contributed by atoms with Crippen molar-refractivity contribution in [1.82, 2.24) is 33.6 Å². The van der Waals surface area contributed by atoms with Gasteiger partial charge in [0.05, 0.1) is 17.6 Å². The number of hydrogen-bond donors (Lipinski definition) is 0. The maximum absolute atomic E-state index is 13.9. The van der Waals surface area contributed by atoms with Crippen LogP contribution in [0.1, 0.15) is 35.1 Å². The van der Waals surface area contributed by atoms with Gasteiger partial charge in [-0.3, -0.25) is 9.48 Å². The van der Waals surface area contributed by atoms with Crippen molar-refractivity contribution in [3.8, 4) is 11.3 Å². The minimum atomic E-state index is -3.80. The summed E-state index contributed by atoms with van der Waals surface area (Å²) in [5.41, 5.74) is 0.413. The smallest absolute Gasteiger partial charge is 0.280 e. The number of fused-ring (bicyclic) bond motifs is 1. The van der Waals surface area contributed by atoms with Gasteiger partial charge in [0.1, 0.15) is 22.0 Å². The van der Waals surface area contributed by atoms with Gasteiger partial charge in [0.25, 0.3) is 12.3 Å². The van der Waals surface area contributed by atoms with Crippen LogP contribution in [0.5, 0.6) is 0 Å². The Morgan fingerprint density at radius 1 is 1.11 bits per heavy atom. The number of benzene rings is 1. The van der Waals surface area contributed by atoms with Crippen LogP contribution in [0.2, 0.25) is 0 Å². The third-order valence-corrected chi connectivity index (χ3v) is 8.46. The monoisotopic (exact) mass is 547 g/mol. The highest BCUT2D eigenvalue weighted by Gasteiger charge is 2.33. The molecule has 1 aliphatic rings. The SMILES string of the molecule is CCn1cc(S(=O)(=O)N2CCN(C(=O)c3cnn4c(C(F)F)cc(-c5ccc(F)cc5)nc34)CC2)c(C)n1. The van der Waals surface area contributed by atoms with Gasteiger partial charge in [-0.1, -0.05) is 0 Å². The highest BCUT2D eigenvalue weighted by atomic mass is 32.2. The second-order valence-electron chi connectivity index (χ2n) is 8.80. The van der Waals surface area contributed by atoms with E-state index in [1.807, 2.05) is 6.92 Å². The molecule has 0 unspecified atom stereocenters. The normalized spacial score (nSPS) is 15.1. The van der Waals surface area contributed by atoms with Crippen molar-refractivity contribution in [3.63, 3.8) is 0 Å². The third kappa shape index (κ3) is 4.53. The number of hydrogen-bond acceptors (Lipinski definition) is 6. The zero-order valence-electron chi connectivity index (χ0n) is 20.6. The Morgan fingerprint density at radius 2 is 1.79 bits per heavy atom. The molecule has 200 valence electrons. The zero-order valence-corrected chi connectivity index (χ0v) is 21.4. The summed E-state index contributed by atoms with van der Waals surface area (Å²) >= 11 is 0. The number of nitrogens with zero attached hydrogens (tertiary/aromatic N) is 7. The van der Waals surface area contributed by atoms with Gasteiger partial charge < -0.3 is 4.90 Å². The zero-order chi connectivity index (χ0) is 27.2. The van der Waals surface area contributed by atoms with E-state index in [9.17, 15) is 26.4 Å². The van der Waals surface area contributed by atoms with Crippen LogP contribution in [-0.4, -0.2) is 74.1 Å². The minimum absolute atomic E-state index is 0.00670. The van der Waals surface area contributed by atoms with Crippen LogP contribution in [0.25, 0.3) is 16.9 Å². The van der Waals surface area contributed by atoms with Gasteiger partial charge in [-0.05, 0) is 44.2 Å². The molecule has 1 aromatic carbocycles. The lowest BCUT2D eigenvalue weighted by Crippen LogP contribution is -2.50. The molecule has 0 atom stereocenters. The van der Waals surface area contributed by atoms with Crippen LogP contribution in [0.15, 0.2) is 47.6 Å². The molecule has 0 spiro atoms. The summed E-state index contributed by atoms with van der Waals surface area (Å²) in [5.74, 6) is -0.990. The van der Waals surface area contributed by atoms with Crippen molar-refractivity contribution in [1.29, 1.82) is 0 Å². The fraction of sp³-hybridized carbons (Fsp3) is 0.333. The van der Waals surface area contributed by atoms with E-state index >= 15 is 0 Å². The molecule has 1 amide bonds. The molecule has 5 rings (SSSR count). The van der Waals surface area contributed by atoms with Crippen molar-refractivity contribution >= 4 is 21.6 Å². The van der Waals surface area contributed by atoms with E-state index in [0.717, 1.165) is 10.6 Å². The number of alkyl halides is 2. The molecule has 0 bridgehead atoms. The lowest BCUT2D eigenvalue weighted by atomic mass is 10.1. The maximum Gasteiger partial charge on any atom is 0.280 e. The van der Waals surface area contributed by atoms with E-state index in [4.69, 9.17) is 0 Å². The molecular formula is C24H24F3N7O3S. The molecule has 0 aliphatic carbocycles. The topological polar surface area (TPSA) is 106 Å². The van der Waals surface area contributed by atoms with Gasteiger partial charge in [0, 0.05) is 44.5 Å². The predicted octanol–water partition coefficient (Wildman–Crippen LogP) is 3.14. The molecule has 3 aromatic heterocycles. The maximum atomic E-state index is 13.9. The number of sulfonamides is 1. The van der Waals surface area contributed by atoms with E-state index in [0.29, 0.717) is 17.8 Å². The largest absolute Gasteiger partial charge is 0.336 e. The van der Waals surface area contributed by atoms with Crippen LogP contribution in [0, 0.1) is 12.7 Å². The summed E-state index contributed by atoms with van der Waals surface area (Å²) in [6.45, 7) is 4.31. The number of carbonyl (C=O) groups excluding carboxylic acids is 1. The first-order chi connectivity index (χ1) is 18.1. The predicted molar refractivity (Wildman–Crippen MR) is 131 cm³/mol. The highest BCUT2D eigenvalue weighted by molar-refractivity contribution is 7.89. The summed E-state index contributed by atoms with van der Waals surface area (Å²) < 4.78 is 71.2. The van der Waals surface area contributed by atoms with Gasteiger partial charge in [0.2, 0.25) is 10.0 Å². The number of carbonyl (C=O) groups is 1. The summed E-state index contributed by atoms with van der Waals surface area (Å²) in [6, 6.07) is 6.35. The average molecular weight is 548 g/mol. The Balaban J connectivity index is 1.41. The van der Waals surface area contributed by atoms with E-state index < -0.39 is 33.9 Å². The molecule has 4 heterocycles. The van der Waals surface area contributed by atoms with Crippen molar-refractivity contribution in [2.75, 3.05) is 26.2 Å². The number of aromatic nitrogens is 5. The summed E-state index contributed by atoms with van der Waals surface area (Å²) in [5, 5.41) is 8.18. The molecule has 0 N–H and O–H groups in total. The summed E-state index contributed by atoms with van der Waals surface area (Å²) in [7, 11) is -3.80. The second-order valence-corrected chi connectivity index (χ2v) is 10.7. The number of rotatable bonds is 6. The minimum Gasteiger partial charge on any atom is -0.336 e. The van der Waals surface area contributed by atoms with Gasteiger partial charge in [0.15, 0.2) is 5.65 Å². The summed E-state index contributed by atoms with van der Waals surface area (Å²) in [4.78, 5) is 19.3. The quantitative estimate of drug-likeness (QED) is 0.367. The molecule has 10 nitrogen and oxygen atoms in total. The van der Waals surface area contributed by atoms with Crippen molar-refractivity contribution in [2.24, 2.45) is 0 Å². The Kier molecular flexibility index (Phi) is 6.69. The van der Waals surface area contributed by atoms with Crippen LogP contribution in [-0.2, 0) is 16.6 Å².